The molecule has 5 nitrogen and oxygen atoms in total. The van der Waals surface area contributed by atoms with Crippen molar-refractivity contribution in [2.24, 2.45) is 0 Å². The standard InChI is InChI=1S/C26H33N3O2/c1-4-11-25(30)27-17-9-5-6-16-24-28-22-14-7-8-15-23(22)29(24)18-19-31-26-20(2)12-10-13-21(26)3/h4,7-8,10-15H,5-6,9,16-19H2,1-3H3,(H,27,30)/b11-4+. The lowest BCUT2D eigenvalue weighted by Gasteiger charge is -2.14. The summed E-state index contributed by atoms with van der Waals surface area (Å²) in [7, 11) is 0. The molecule has 3 rings (SSSR count). The number of hydrogen-bond acceptors (Lipinski definition) is 3. The van der Waals surface area contributed by atoms with Crippen molar-refractivity contribution in [1.82, 2.24) is 14.9 Å². The van der Waals surface area contributed by atoms with Crippen LogP contribution in [0, 0.1) is 13.8 Å². The highest BCUT2D eigenvalue weighted by Crippen LogP contribution is 2.23. The first-order chi connectivity index (χ1) is 15.1. The van der Waals surface area contributed by atoms with Crippen molar-refractivity contribution >= 4 is 16.9 Å². The SMILES string of the molecule is C/C=C/C(=O)NCCCCCc1nc2ccccc2n1CCOc1c(C)cccc1C. The highest BCUT2D eigenvalue weighted by molar-refractivity contribution is 5.87. The van der Waals surface area contributed by atoms with E-state index in [1.807, 2.05) is 13.0 Å². The molecule has 0 saturated carbocycles. The van der Waals surface area contributed by atoms with Crippen molar-refractivity contribution < 1.29 is 9.53 Å². The Labute approximate surface area is 185 Å². The predicted molar refractivity (Wildman–Crippen MR) is 127 cm³/mol. The number of carbonyl (C=O) groups is 1. The first-order valence-electron chi connectivity index (χ1n) is 11.1. The molecule has 1 N–H and O–H groups in total. The normalized spacial score (nSPS) is 11.3. The summed E-state index contributed by atoms with van der Waals surface area (Å²) in [5.74, 6) is 2.06. The number of nitrogens with one attached hydrogen (secondary N) is 1. The van der Waals surface area contributed by atoms with Gasteiger partial charge in [-0.3, -0.25) is 4.79 Å². The van der Waals surface area contributed by atoms with E-state index >= 15 is 0 Å². The maximum Gasteiger partial charge on any atom is 0.243 e. The Morgan fingerprint density at radius 1 is 1.06 bits per heavy atom. The summed E-state index contributed by atoms with van der Waals surface area (Å²) in [6, 6.07) is 14.5. The van der Waals surface area contributed by atoms with Crippen LogP contribution in [0.15, 0.2) is 54.6 Å². The van der Waals surface area contributed by atoms with E-state index in [1.54, 1.807) is 12.2 Å². The summed E-state index contributed by atoms with van der Waals surface area (Å²) in [6.45, 7) is 8.10. The molecule has 1 heterocycles. The molecule has 164 valence electrons. The lowest BCUT2D eigenvalue weighted by atomic mass is 10.1. The van der Waals surface area contributed by atoms with Crippen molar-refractivity contribution in [3.63, 3.8) is 0 Å². The first kappa shape index (κ1) is 22.6. The molecule has 31 heavy (non-hydrogen) atoms. The van der Waals surface area contributed by atoms with E-state index in [9.17, 15) is 4.79 Å². The minimum Gasteiger partial charge on any atom is -0.491 e. The summed E-state index contributed by atoms with van der Waals surface area (Å²) in [6.07, 6.45) is 7.30. The molecule has 0 unspecified atom stereocenters. The lowest BCUT2D eigenvalue weighted by molar-refractivity contribution is -0.116. The molecular formula is C26H33N3O2. The average molecular weight is 420 g/mol. The van der Waals surface area contributed by atoms with Gasteiger partial charge in [-0.2, -0.15) is 0 Å². The number of unbranched alkanes of at least 4 members (excludes halogenated alkanes) is 2. The number of imidazole rings is 1. The minimum absolute atomic E-state index is 0.0202. The van der Waals surface area contributed by atoms with Gasteiger partial charge in [0.2, 0.25) is 5.91 Å². The number of nitrogens with zero attached hydrogens (tertiary/aromatic N) is 2. The molecule has 2 aromatic carbocycles. The van der Waals surface area contributed by atoms with Gasteiger partial charge in [-0.05, 0) is 62.9 Å². The van der Waals surface area contributed by atoms with E-state index in [4.69, 9.17) is 9.72 Å². The fraction of sp³-hybridized carbons (Fsp3) is 0.385. The lowest BCUT2D eigenvalue weighted by Crippen LogP contribution is -2.22. The van der Waals surface area contributed by atoms with Crippen LogP contribution in [0.25, 0.3) is 11.0 Å². The Morgan fingerprint density at radius 3 is 2.61 bits per heavy atom. The fourth-order valence-electron chi connectivity index (χ4n) is 3.84. The maximum atomic E-state index is 11.5. The molecule has 0 aliphatic heterocycles. The van der Waals surface area contributed by atoms with Crippen LogP contribution < -0.4 is 10.1 Å². The first-order valence-corrected chi connectivity index (χ1v) is 11.1. The number of rotatable bonds is 11. The van der Waals surface area contributed by atoms with Gasteiger partial charge in [0.05, 0.1) is 17.6 Å². The number of para-hydroxylation sites is 3. The molecule has 0 aliphatic carbocycles. The van der Waals surface area contributed by atoms with Crippen molar-refractivity contribution in [1.29, 1.82) is 0 Å². The molecule has 0 saturated heterocycles. The molecule has 0 spiro atoms. The quantitative estimate of drug-likeness (QED) is 0.346. The number of aryl methyl sites for hydroxylation is 3. The van der Waals surface area contributed by atoms with Gasteiger partial charge in [-0.15, -0.1) is 0 Å². The Balaban J connectivity index is 1.57. The van der Waals surface area contributed by atoms with Gasteiger partial charge >= 0.3 is 0 Å². The number of allylic oxidation sites excluding steroid dienone is 1. The third-order valence-corrected chi connectivity index (χ3v) is 5.40. The monoisotopic (exact) mass is 419 g/mol. The number of benzene rings is 2. The van der Waals surface area contributed by atoms with Crippen LogP contribution in [0.5, 0.6) is 5.75 Å². The summed E-state index contributed by atoms with van der Waals surface area (Å²) in [5.41, 5.74) is 4.51. The van der Waals surface area contributed by atoms with Crippen molar-refractivity contribution in [3.8, 4) is 5.75 Å². The number of carbonyl (C=O) groups excluding carboxylic acids is 1. The van der Waals surface area contributed by atoms with Crippen LogP contribution in [0.4, 0.5) is 0 Å². The molecule has 5 heteroatoms. The second kappa shape index (κ2) is 11.3. The molecule has 0 fully saturated rings. The Kier molecular flexibility index (Phi) is 8.27. The van der Waals surface area contributed by atoms with Gasteiger partial charge in [0, 0.05) is 13.0 Å². The molecule has 3 aromatic rings. The summed E-state index contributed by atoms with van der Waals surface area (Å²) >= 11 is 0. The van der Waals surface area contributed by atoms with E-state index in [2.05, 4.69) is 60.1 Å². The van der Waals surface area contributed by atoms with E-state index in [1.165, 1.54) is 0 Å². The van der Waals surface area contributed by atoms with Gasteiger partial charge in [0.1, 0.15) is 18.2 Å². The molecule has 0 atom stereocenters. The van der Waals surface area contributed by atoms with Crippen LogP contribution in [-0.2, 0) is 17.8 Å². The Hall–Kier alpha value is -3.08. The van der Waals surface area contributed by atoms with Crippen LogP contribution in [0.1, 0.15) is 43.1 Å². The molecule has 0 radical (unpaired) electrons. The van der Waals surface area contributed by atoms with Crippen LogP contribution in [0.2, 0.25) is 0 Å². The second-order valence-electron chi connectivity index (χ2n) is 7.84. The number of aromatic nitrogens is 2. The topological polar surface area (TPSA) is 56.2 Å². The van der Waals surface area contributed by atoms with Crippen molar-refractivity contribution in [3.05, 3.63) is 71.6 Å². The van der Waals surface area contributed by atoms with Gasteiger partial charge < -0.3 is 14.6 Å². The van der Waals surface area contributed by atoms with Gasteiger partial charge in [-0.1, -0.05) is 42.8 Å². The van der Waals surface area contributed by atoms with E-state index in [0.29, 0.717) is 13.2 Å². The van der Waals surface area contributed by atoms with E-state index in [-0.39, 0.29) is 5.91 Å². The van der Waals surface area contributed by atoms with Crippen LogP contribution in [-0.4, -0.2) is 28.6 Å². The number of fused-ring (bicyclic) bond motifs is 1. The highest BCUT2D eigenvalue weighted by atomic mass is 16.5. The van der Waals surface area contributed by atoms with Crippen LogP contribution >= 0.6 is 0 Å². The number of hydrogen-bond donors (Lipinski definition) is 1. The van der Waals surface area contributed by atoms with Crippen molar-refractivity contribution in [2.45, 2.75) is 53.0 Å². The highest BCUT2D eigenvalue weighted by Gasteiger charge is 2.11. The molecule has 0 aliphatic rings. The van der Waals surface area contributed by atoms with Gasteiger partial charge in [-0.25, -0.2) is 4.98 Å². The predicted octanol–water partition coefficient (Wildman–Crippen LogP) is 5.14. The number of ether oxygens (including phenoxy) is 1. The molecule has 1 amide bonds. The largest absolute Gasteiger partial charge is 0.491 e. The van der Waals surface area contributed by atoms with Crippen LogP contribution in [0.3, 0.4) is 0 Å². The van der Waals surface area contributed by atoms with Gasteiger partial charge in [0.25, 0.3) is 0 Å². The van der Waals surface area contributed by atoms with E-state index in [0.717, 1.165) is 66.0 Å². The zero-order chi connectivity index (χ0) is 22.1. The maximum absolute atomic E-state index is 11.5. The average Bonchev–Trinajstić information content (AvgIpc) is 3.10. The molecule has 1 aromatic heterocycles. The fourth-order valence-corrected chi connectivity index (χ4v) is 3.84. The second-order valence-corrected chi connectivity index (χ2v) is 7.84. The number of amides is 1. The summed E-state index contributed by atoms with van der Waals surface area (Å²) < 4.78 is 8.44. The Bertz CT molecular complexity index is 1020. The van der Waals surface area contributed by atoms with Crippen molar-refractivity contribution in [2.75, 3.05) is 13.2 Å². The molecule has 0 bridgehead atoms. The third-order valence-electron chi connectivity index (χ3n) is 5.40. The van der Waals surface area contributed by atoms with E-state index < -0.39 is 0 Å². The van der Waals surface area contributed by atoms with Gasteiger partial charge in [0.15, 0.2) is 0 Å². The summed E-state index contributed by atoms with van der Waals surface area (Å²) in [4.78, 5) is 16.3. The smallest absolute Gasteiger partial charge is 0.243 e. The molecular weight excluding hydrogens is 386 g/mol. The minimum atomic E-state index is -0.0202. The summed E-state index contributed by atoms with van der Waals surface area (Å²) in [5, 5.41) is 2.90. The Morgan fingerprint density at radius 2 is 1.84 bits per heavy atom. The zero-order valence-electron chi connectivity index (χ0n) is 18.9. The zero-order valence-corrected chi connectivity index (χ0v) is 18.9. The third kappa shape index (κ3) is 6.20.